The van der Waals surface area contributed by atoms with Crippen molar-refractivity contribution in [3.63, 3.8) is 0 Å². The van der Waals surface area contributed by atoms with Crippen molar-refractivity contribution in [2.75, 3.05) is 6.86 Å². The lowest BCUT2D eigenvalue weighted by Gasteiger charge is -2.00. The lowest BCUT2D eigenvalue weighted by atomic mass is 10.3. The molecule has 0 fully saturated rings. The average molecular weight is 157 g/mol. The van der Waals surface area contributed by atoms with Gasteiger partial charge in [-0.2, -0.15) is 0 Å². The maximum Gasteiger partial charge on any atom is 0.228 e. The summed E-state index contributed by atoms with van der Waals surface area (Å²) in [4.78, 5) is 0.542. The number of alkyl halides is 1. The maximum atomic E-state index is 11.6. The summed E-state index contributed by atoms with van der Waals surface area (Å²) in [5, 5.41) is 0. The van der Waals surface area contributed by atoms with Crippen LogP contribution in [0.5, 0.6) is 5.75 Å². The van der Waals surface area contributed by atoms with E-state index in [1.54, 1.807) is 24.3 Å². The first-order valence-electron chi connectivity index (χ1n) is 2.79. The third-order valence-electron chi connectivity index (χ3n) is 1.06. The molecule has 10 heavy (non-hydrogen) atoms. The molecule has 0 bridgehead atoms. The Hall–Kier alpha value is -0.830. The van der Waals surface area contributed by atoms with Crippen molar-refractivity contribution in [1.29, 1.82) is 0 Å². The van der Waals surface area contributed by atoms with E-state index < -0.39 is 6.86 Å². The van der Waals surface area contributed by atoms with Crippen LogP contribution in [0.4, 0.5) is 4.39 Å². The topological polar surface area (TPSA) is 9.23 Å². The van der Waals surface area contributed by atoms with Gasteiger partial charge in [-0.25, -0.2) is 4.39 Å². The van der Waals surface area contributed by atoms with E-state index in [0.717, 1.165) is 0 Å². The van der Waals surface area contributed by atoms with Gasteiger partial charge in [-0.1, -0.05) is 24.8 Å². The number of ether oxygens (including phenoxy) is 1. The molecule has 0 aromatic heterocycles. The molecule has 1 rings (SSSR count). The van der Waals surface area contributed by atoms with Crippen LogP contribution in [0.3, 0.4) is 0 Å². The van der Waals surface area contributed by atoms with Crippen molar-refractivity contribution in [1.82, 2.24) is 0 Å². The summed E-state index contributed by atoms with van der Waals surface area (Å²) in [6, 6.07) is 6.87. The van der Waals surface area contributed by atoms with E-state index in [2.05, 4.69) is 4.74 Å². The minimum absolute atomic E-state index is 0.431. The number of hydrogen-bond donors (Lipinski definition) is 0. The third kappa shape index (κ3) is 1.57. The average Bonchev–Trinajstić information content (AvgIpc) is 1.94. The first-order valence-corrected chi connectivity index (χ1v) is 3.20. The number of halogens is 1. The quantitative estimate of drug-likeness (QED) is 0.641. The fourth-order valence-corrected chi connectivity index (χ4v) is 0.834. The lowest BCUT2D eigenvalue weighted by molar-refractivity contribution is 0.187. The first-order chi connectivity index (χ1) is 4.84. The van der Waals surface area contributed by atoms with Crippen LogP contribution >= 0.6 is 12.6 Å². The zero-order valence-electron chi connectivity index (χ0n) is 5.21. The van der Waals surface area contributed by atoms with Crippen LogP contribution < -0.4 is 4.74 Å². The van der Waals surface area contributed by atoms with Gasteiger partial charge in [-0.05, 0) is 12.1 Å². The highest BCUT2D eigenvalue weighted by Gasteiger charge is 1.96. The molecule has 0 spiro atoms. The van der Waals surface area contributed by atoms with E-state index in [-0.39, 0.29) is 0 Å². The maximum absolute atomic E-state index is 11.6. The van der Waals surface area contributed by atoms with Gasteiger partial charge >= 0.3 is 0 Å². The summed E-state index contributed by atoms with van der Waals surface area (Å²) < 4.78 is 16.2. The first kappa shape index (κ1) is 7.28. The third-order valence-corrected chi connectivity index (χ3v) is 1.40. The largest absolute Gasteiger partial charge is 0.461 e. The number of rotatable bonds is 2. The van der Waals surface area contributed by atoms with Crippen LogP contribution in [-0.2, 0) is 0 Å². The summed E-state index contributed by atoms with van der Waals surface area (Å²) in [5.74, 6) is 0.431. The van der Waals surface area contributed by atoms with Crippen molar-refractivity contribution in [2.45, 2.75) is 4.90 Å². The molecule has 0 unspecified atom stereocenters. The van der Waals surface area contributed by atoms with Crippen molar-refractivity contribution < 1.29 is 9.13 Å². The standard InChI is InChI=1S/C7H6FOS/c8-5-9-6-3-1-2-4-7(6)10/h1-4H,5H2. The van der Waals surface area contributed by atoms with Crippen molar-refractivity contribution in [2.24, 2.45) is 0 Å². The Morgan fingerprint density at radius 3 is 2.70 bits per heavy atom. The van der Waals surface area contributed by atoms with Gasteiger partial charge in [0, 0.05) is 0 Å². The van der Waals surface area contributed by atoms with Crippen LogP contribution in [-0.4, -0.2) is 6.86 Å². The molecule has 1 nitrogen and oxygen atoms in total. The Kier molecular flexibility index (Phi) is 2.45. The Balaban J connectivity index is 2.81. The Morgan fingerprint density at radius 1 is 1.40 bits per heavy atom. The van der Waals surface area contributed by atoms with Gasteiger partial charge in [0.05, 0.1) is 4.90 Å². The zero-order chi connectivity index (χ0) is 7.40. The van der Waals surface area contributed by atoms with Gasteiger partial charge in [0.2, 0.25) is 6.86 Å². The van der Waals surface area contributed by atoms with E-state index in [9.17, 15) is 4.39 Å². The van der Waals surface area contributed by atoms with Crippen LogP contribution in [0.15, 0.2) is 29.2 Å². The molecule has 0 aliphatic rings. The minimum Gasteiger partial charge on any atom is -0.461 e. The highest BCUT2D eigenvalue weighted by molar-refractivity contribution is 7.80. The molecule has 3 heteroatoms. The summed E-state index contributed by atoms with van der Waals surface area (Å²) in [6.45, 7) is -0.826. The second kappa shape index (κ2) is 3.37. The van der Waals surface area contributed by atoms with E-state index in [4.69, 9.17) is 12.6 Å². The van der Waals surface area contributed by atoms with Crippen LogP contribution in [0.2, 0.25) is 0 Å². The molecule has 0 N–H and O–H groups in total. The molecule has 0 aliphatic carbocycles. The van der Waals surface area contributed by atoms with Gasteiger partial charge in [-0.15, -0.1) is 0 Å². The van der Waals surface area contributed by atoms with E-state index in [1.807, 2.05) is 0 Å². The van der Waals surface area contributed by atoms with E-state index >= 15 is 0 Å². The lowest BCUT2D eigenvalue weighted by Crippen LogP contribution is -1.89. The smallest absolute Gasteiger partial charge is 0.228 e. The highest BCUT2D eigenvalue weighted by atomic mass is 32.1. The Labute approximate surface area is 64.2 Å². The Bertz CT molecular complexity index is 215. The fourth-order valence-electron chi connectivity index (χ4n) is 0.628. The van der Waals surface area contributed by atoms with Gasteiger partial charge in [-0.3, -0.25) is 0 Å². The molecule has 1 radical (unpaired) electrons. The summed E-state index contributed by atoms with van der Waals surface area (Å²) in [6.07, 6.45) is 0. The summed E-state index contributed by atoms with van der Waals surface area (Å²) in [5.41, 5.74) is 0. The molecule has 53 valence electrons. The molecule has 0 saturated carbocycles. The number of para-hydroxylation sites is 1. The molecule has 0 amide bonds. The Morgan fingerprint density at radius 2 is 2.10 bits per heavy atom. The van der Waals surface area contributed by atoms with Gasteiger partial charge in [0.15, 0.2) is 0 Å². The highest BCUT2D eigenvalue weighted by Crippen LogP contribution is 2.20. The van der Waals surface area contributed by atoms with E-state index in [1.165, 1.54) is 0 Å². The molecular weight excluding hydrogens is 151 g/mol. The SMILES string of the molecule is FCOc1ccccc1[S]. The van der Waals surface area contributed by atoms with Crippen LogP contribution in [0, 0.1) is 0 Å². The van der Waals surface area contributed by atoms with Crippen molar-refractivity contribution in [3.05, 3.63) is 24.3 Å². The zero-order valence-corrected chi connectivity index (χ0v) is 6.03. The van der Waals surface area contributed by atoms with Crippen LogP contribution in [0.25, 0.3) is 0 Å². The fraction of sp³-hybridized carbons (Fsp3) is 0.143. The monoisotopic (exact) mass is 157 g/mol. The number of benzene rings is 1. The minimum atomic E-state index is -0.826. The predicted octanol–water partition coefficient (Wildman–Crippen LogP) is 2.55. The normalized spacial score (nSPS) is 9.30. The second-order valence-electron chi connectivity index (χ2n) is 1.70. The molecule has 1 aromatic carbocycles. The molecule has 1 aromatic rings. The molecule has 0 heterocycles. The molecule has 0 aliphatic heterocycles. The van der Waals surface area contributed by atoms with Gasteiger partial charge in [0.25, 0.3) is 0 Å². The second-order valence-corrected chi connectivity index (χ2v) is 2.14. The van der Waals surface area contributed by atoms with E-state index in [0.29, 0.717) is 10.6 Å². The van der Waals surface area contributed by atoms with Gasteiger partial charge < -0.3 is 4.74 Å². The molecule has 0 atom stereocenters. The number of hydrogen-bond acceptors (Lipinski definition) is 1. The van der Waals surface area contributed by atoms with Crippen LogP contribution in [0.1, 0.15) is 0 Å². The molecular formula is C7H6FOS. The predicted molar refractivity (Wildman–Crippen MR) is 38.9 cm³/mol. The summed E-state index contributed by atoms with van der Waals surface area (Å²) >= 11 is 4.83. The summed E-state index contributed by atoms with van der Waals surface area (Å²) in [7, 11) is 0. The van der Waals surface area contributed by atoms with Crippen molar-refractivity contribution >= 4 is 12.6 Å². The van der Waals surface area contributed by atoms with Crippen molar-refractivity contribution in [3.8, 4) is 5.75 Å². The molecule has 0 saturated heterocycles. The van der Waals surface area contributed by atoms with Gasteiger partial charge in [0.1, 0.15) is 5.75 Å².